The molecule has 1 aliphatic carbocycles. The van der Waals surface area contributed by atoms with Crippen LogP contribution in [0.15, 0.2) is 55.0 Å². The van der Waals surface area contributed by atoms with Crippen molar-refractivity contribution >= 4 is 81.2 Å². The molecule has 0 saturated heterocycles. The minimum absolute atomic E-state index is 0.0408. The monoisotopic (exact) mass is 542 g/mol. The predicted molar refractivity (Wildman–Crippen MR) is 132 cm³/mol. The van der Waals surface area contributed by atoms with E-state index in [1.54, 1.807) is 36.5 Å². The Labute approximate surface area is 214 Å². The van der Waals surface area contributed by atoms with Crippen LogP contribution in [0.2, 0.25) is 15.1 Å². The van der Waals surface area contributed by atoms with Gasteiger partial charge in [-0.2, -0.15) is 0 Å². The molecule has 1 aliphatic rings. The molecule has 2 unspecified atom stereocenters. The normalized spacial score (nSPS) is 18.5. The molecule has 1 fully saturated rings. The van der Waals surface area contributed by atoms with Crippen molar-refractivity contribution in [2.24, 2.45) is 5.92 Å². The molecule has 2 atom stereocenters. The van der Waals surface area contributed by atoms with Gasteiger partial charge in [0.25, 0.3) is 0 Å². The van der Waals surface area contributed by atoms with Crippen molar-refractivity contribution in [2.75, 3.05) is 17.2 Å². The molecule has 6 nitrogen and oxygen atoms in total. The van der Waals surface area contributed by atoms with E-state index >= 15 is 0 Å². The molecular formula is C22H15Cl5N4O2. The van der Waals surface area contributed by atoms with Gasteiger partial charge in [-0.1, -0.05) is 34.8 Å². The van der Waals surface area contributed by atoms with E-state index in [-0.39, 0.29) is 22.9 Å². The zero-order chi connectivity index (χ0) is 23.8. The molecule has 2 N–H and O–H groups in total. The molecule has 0 aliphatic heterocycles. The van der Waals surface area contributed by atoms with Crippen molar-refractivity contribution in [3.63, 3.8) is 0 Å². The number of hydrogen-bond acceptors (Lipinski definition) is 5. The van der Waals surface area contributed by atoms with E-state index in [9.17, 15) is 9.59 Å². The number of alkyl halides is 2. The lowest BCUT2D eigenvalue weighted by molar-refractivity contribution is -0.117. The van der Waals surface area contributed by atoms with Crippen molar-refractivity contribution in [3.05, 3.63) is 81.2 Å². The zero-order valence-corrected chi connectivity index (χ0v) is 20.4. The van der Waals surface area contributed by atoms with Crippen LogP contribution < -0.4 is 10.6 Å². The Balaban J connectivity index is 1.46. The maximum Gasteiger partial charge on any atom is 0.231 e. The first-order chi connectivity index (χ1) is 15.7. The van der Waals surface area contributed by atoms with Crippen molar-refractivity contribution < 1.29 is 9.59 Å². The van der Waals surface area contributed by atoms with Crippen LogP contribution in [0.25, 0.3) is 0 Å². The Morgan fingerprint density at radius 3 is 2.39 bits per heavy atom. The highest BCUT2D eigenvalue weighted by Crippen LogP contribution is 2.65. The summed E-state index contributed by atoms with van der Waals surface area (Å²) in [4.78, 5) is 33.4. The van der Waals surface area contributed by atoms with Crippen LogP contribution in [0.5, 0.6) is 0 Å². The summed E-state index contributed by atoms with van der Waals surface area (Å²) in [5.41, 5.74) is 1.29. The average molecular weight is 545 g/mol. The number of nitrogens with one attached hydrogen (secondary N) is 2. The minimum Gasteiger partial charge on any atom is -0.363 e. The summed E-state index contributed by atoms with van der Waals surface area (Å²) in [5.74, 6) is -1.40. The lowest BCUT2D eigenvalue weighted by atomic mass is 10.1. The molecule has 170 valence electrons. The molecule has 1 saturated carbocycles. The van der Waals surface area contributed by atoms with Crippen molar-refractivity contribution in [3.8, 4) is 0 Å². The Hall–Kier alpha value is -2.09. The van der Waals surface area contributed by atoms with Gasteiger partial charge in [0, 0.05) is 33.4 Å². The molecule has 1 aromatic heterocycles. The van der Waals surface area contributed by atoms with Gasteiger partial charge in [-0.05, 0) is 48.0 Å². The third-order valence-electron chi connectivity index (χ3n) is 5.13. The fourth-order valence-electron chi connectivity index (χ4n) is 3.52. The van der Waals surface area contributed by atoms with Gasteiger partial charge in [-0.3, -0.25) is 9.59 Å². The van der Waals surface area contributed by atoms with Crippen LogP contribution in [0.4, 0.5) is 11.5 Å². The number of benzene rings is 2. The highest BCUT2D eigenvalue weighted by Gasteiger charge is 2.67. The number of Topliss-reactive ketones (excluding diaryl/α,β-unsaturated/α-hetero) is 1. The second-order valence-corrected chi connectivity index (χ2v) is 10.1. The van der Waals surface area contributed by atoms with E-state index in [2.05, 4.69) is 20.6 Å². The lowest BCUT2D eigenvalue weighted by Crippen LogP contribution is -2.18. The van der Waals surface area contributed by atoms with E-state index in [4.69, 9.17) is 58.0 Å². The van der Waals surface area contributed by atoms with Gasteiger partial charge in [0.15, 0.2) is 5.78 Å². The Morgan fingerprint density at radius 2 is 1.73 bits per heavy atom. The summed E-state index contributed by atoms with van der Waals surface area (Å²) in [6.45, 7) is -0.0408. The first kappa shape index (κ1) is 24.0. The van der Waals surface area contributed by atoms with Crippen molar-refractivity contribution in [2.45, 2.75) is 10.3 Å². The third kappa shape index (κ3) is 5.36. The van der Waals surface area contributed by atoms with Crippen LogP contribution in [0, 0.1) is 5.92 Å². The first-order valence-electron chi connectivity index (χ1n) is 9.64. The summed E-state index contributed by atoms with van der Waals surface area (Å²) >= 11 is 31.2. The molecule has 0 bridgehead atoms. The number of hydrogen-bond donors (Lipinski definition) is 2. The highest BCUT2D eigenvalue weighted by molar-refractivity contribution is 6.53. The van der Waals surface area contributed by atoms with Crippen molar-refractivity contribution in [1.82, 2.24) is 9.97 Å². The number of ketones is 1. The molecule has 4 rings (SSSR count). The Morgan fingerprint density at radius 1 is 1.00 bits per heavy atom. The second-order valence-electron chi connectivity index (χ2n) is 7.39. The van der Waals surface area contributed by atoms with Gasteiger partial charge < -0.3 is 10.6 Å². The average Bonchev–Trinajstić information content (AvgIpc) is 3.35. The molecule has 0 spiro atoms. The molecule has 2 aromatic carbocycles. The molecule has 0 radical (unpaired) electrons. The largest absolute Gasteiger partial charge is 0.363 e. The minimum atomic E-state index is -1.31. The summed E-state index contributed by atoms with van der Waals surface area (Å²) in [6.07, 6.45) is 2.92. The number of halogens is 5. The van der Waals surface area contributed by atoms with Crippen LogP contribution >= 0.6 is 58.0 Å². The summed E-state index contributed by atoms with van der Waals surface area (Å²) in [5, 5.41) is 6.75. The number of amides is 1. The van der Waals surface area contributed by atoms with Crippen LogP contribution in [-0.4, -0.2) is 32.5 Å². The molecule has 1 heterocycles. The Kier molecular flexibility index (Phi) is 7.03. The molecule has 33 heavy (non-hydrogen) atoms. The van der Waals surface area contributed by atoms with E-state index in [0.29, 0.717) is 27.1 Å². The quantitative estimate of drug-likeness (QED) is 0.271. The highest BCUT2D eigenvalue weighted by atomic mass is 35.5. The van der Waals surface area contributed by atoms with Gasteiger partial charge in [-0.15, -0.1) is 23.2 Å². The molecule has 1 amide bonds. The predicted octanol–water partition coefficient (Wildman–Crippen LogP) is 6.26. The summed E-state index contributed by atoms with van der Waals surface area (Å²) < 4.78 is -1.31. The van der Waals surface area contributed by atoms with Crippen molar-refractivity contribution in [1.29, 1.82) is 0 Å². The van der Waals surface area contributed by atoms with Crippen LogP contribution in [0.1, 0.15) is 21.8 Å². The Bertz CT molecular complexity index is 1200. The molecular weight excluding hydrogens is 530 g/mol. The SMILES string of the molecule is O=C(CNc1ccncn1)c1cc(NC(=O)C2C(c3cc(Cl)cc(Cl)c3)C2(Cl)Cl)ccc1Cl. The molecule has 3 aromatic rings. The zero-order valence-electron chi connectivity index (χ0n) is 16.7. The maximum absolute atomic E-state index is 12.9. The topological polar surface area (TPSA) is 84.0 Å². The summed E-state index contributed by atoms with van der Waals surface area (Å²) in [6, 6.07) is 11.2. The van der Waals surface area contributed by atoms with E-state index in [0.717, 1.165) is 0 Å². The summed E-state index contributed by atoms with van der Waals surface area (Å²) in [7, 11) is 0. The maximum atomic E-state index is 12.9. The first-order valence-corrected chi connectivity index (χ1v) is 11.5. The smallest absolute Gasteiger partial charge is 0.231 e. The third-order valence-corrected chi connectivity index (χ3v) is 6.83. The number of nitrogens with zero attached hydrogens (tertiary/aromatic N) is 2. The van der Waals surface area contributed by atoms with E-state index < -0.39 is 22.1 Å². The number of carbonyl (C=O) groups excluding carboxylic acids is 2. The lowest BCUT2D eigenvalue weighted by Gasteiger charge is -2.10. The van der Waals surface area contributed by atoms with Gasteiger partial charge in [0.05, 0.1) is 17.5 Å². The van der Waals surface area contributed by atoms with E-state index in [1.807, 2.05) is 0 Å². The number of aromatic nitrogens is 2. The van der Waals surface area contributed by atoms with Gasteiger partial charge in [0.2, 0.25) is 5.91 Å². The van der Waals surface area contributed by atoms with Crippen LogP contribution in [-0.2, 0) is 4.79 Å². The fraction of sp³-hybridized carbons (Fsp3) is 0.182. The van der Waals surface area contributed by atoms with Gasteiger partial charge in [-0.25, -0.2) is 9.97 Å². The molecule has 11 heteroatoms. The standard InChI is InChI=1S/C22H15Cl5N4O2/c23-12-5-11(6-13(24)7-12)19-20(22(19,26)27)21(33)31-14-1-2-16(25)15(8-14)17(32)9-29-18-3-4-28-10-30-18/h1-8,10,19-20H,9H2,(H,31,33)(H,28,29,30). The van der Waals surface area contributed by atoms with E-state index in [1.165, 1.54) is 18.5 Å². The number of anilines is 2. The number of rotatable bonds is 7. The van der Waals surface area contributed by atoms with Crippen LogP contribution in [0.3, 0.4) is 0 Å². The number of carbonyl (C=O) groups is 2. The van der Waals surface area contributed by atoms with Gasteiger partial charge >= 0.3 is 0 Å². The second kappa shape index (κ2) is 9.65. The van der Waals surface area contributed by atoms with Gasteiger partial charge in [0.1, 0.15) is 16.5 Å². The fourth-order valence-corrected chi connectivity index (χ4v) is 5.11.